The molecule has 0 aliphatic carbocycles. The van der Waals surface area contributed by atoms with E-state index in [1.165, 1.54) is 37.1 Å². The highest BCUT2D eigenvalue weighted by Gasteiger charge is 2.21. The Morgan fingerprint density at radius 2 is 1.94 bits per heavy atom. The van der Waals surface area contributed by atoms with E-state index in [2.05, 4.69) is 55.4 Å². The maximum Gasteiger partial charge on any atom is 0.0210 e. The van der Waals surface area contributed by atoms with Gasteiger partial charge in [-0.3, -0.25) is 0 Å². The number of rotatable bonds is 4. The van der Waals surface area contributed by atoms with Crippen LogP contribution in [0.25, 0.3) is 0 Å². The van der Waals surface area contributed by atoms with Crippen molar-refractivity contribution in [3.05, 3.63) is 35.4 Å². The highest BCUT2D eigenvalue weighted by molar-refractivity contribution is 5.25. The third-order valence-electron chi connectivity index (χ3n) is 4.35. The molecule has 2 heteroatoms. The van der Waals surface area contributed by atoms with Crippen molar-refractivity contribution in [3.63, 3.8) is 0 Å². The van der Waals surface area contributed by atoms with Crippen LogP contribution in [0, 0.1) is 12.8 Å². The zero-order valence-corrected chi connectivity index (χ0v) is 11.9. The first-order valence-corrected chi connectivity index (χ1v) is 7.13. The summed E-state index contributed by atoms with van der Waals surface area (Å²) < 4.78 is 0. The quantitative estimate of drug-likeness (QED) is 0.879. The first kappa shape index (κ1) is 13.6. The molecule has 1 aliphatic heterocycles. The van der Waals surface area contributed by atoms with Crippen LogP contribution < -0.4 is 5.32 Å². The Labute approximate surface area is 111 Å². The molecule has 1 saturated heterocycles. The Morgan fingerprint density at radius 3 is 2.61 bits per heavy atom. The summed E-state index contributed by atoms with van der Waals surface area (Å²) in [5, 5.41) is 3.71. The molecule has 0 saturated carbocycles. The van der Waals surface area contributed by atoms with Crippen LogP contribution in [0.5, 0.6) is 0 Å². The van der Waals surface area contributed by atoms with Crippen LogP contribution in [-0.4, -0.2) is 31.1 Å². The Morgan fingerprint density at radius 1 is 1.28 bits per heavy atom. The van der Waals surface area contributed by atoms with Crippen molar-refractivity contribution < 1.29 is 0 Å². The summed E-state index contributed by atoms with van der Waals surface area (Å²) >= 11 is 0. The lowest BCUT2D eigenvalue weighted by molar-refractivity contribution is 0.189. The van der Waals surface area contributed by atoms with Gasteiger partial charge in [-0.25, -0.2) is 0 Å². The minimum absolute atomic E-state index is 0.623. The second-order valence-corrected chi connectivity index (χ2v) is 5.74. The second-order valence-electron chi connectivity index (χ2n) is 5.74. The predicted molar refractivity (Wildman–Crippen MR) is 77.7 cm³/mol. The highest BCUT2D eigenvalue weighted by Crippen LogP contribution is 2.20. The van der Waals surface area contributed by atoms with Crippen molar-refractivity contribution in [3.8, 4) is 0 Å². The van der Waals surface area contributed by atoms with E-state index in [-0.39, 0.29) is 0 Å². The normalized spacial score (nSPS) is 19.9. The lowest BCUT2D eigenvalue weighted by atomic mass is 9.90. The van der Waals surface area contributed by atoms with E-state index in [0.29, 0.717) is 6.04 Å². The van der Waals surface area contributed by atoms with Crippen molar-refractivity contribution in [2.75, 3.05) is 20.1 Å². The summed E-state index contributed by atoms with van der Waals surface area (Å²) in [7, 11) is 2.22. The summed E-state index contributed by atoms with van der Waals surface area (Å²) in [6.07, 6.45) is 2.66. The minimum atomic E-state index is 0.623. The molecule has 1 heterocycles. The Hall–Kier alpha value is -0.860. The van der Waals surface area contributed by atoms with Crippen molar-refractivity contribution in [1.29, 1.82) is 0 Å². The lowest BCUT2D eigenvalue weighted by Crippen LogP contribution is -2.40. The van der Waals surface area contributed by atoms with Gasteiger partial charge in [-0.05, 0) is 63.9 Å². The molecule has 18 heavy (non-hydrogen) atoms. The van der Waals surface area contributed by atoms with Gasteiger partial charge >= 0.3 is 0 Å². The fourth-order valence-electron chi connectivity index (χ4n) is 2.77. The van der Waals surface area contributed by atoms with Gasteiger partial charge in [-0.1, -0.05) is 24.3 Å². The third kappa shape index (κ3) is 3.56. The molecule has 2 rings (SSSR count). The van der Waals surface area contributed by atoms with Crippen molar-refractivity contribution >= 4 is 0 Å². The van der Waals surface area contributed by atoms with Crippen LogP contribution in [0.1, 0.15) is 30.9 Å². The van der Waals surface area contributed by atoms with Crippen LogP contribution in [0.3, 0.4) is 0 Å². The third-order valence-corrected chi connectivity index (χ3v) is 4.35. The number of nitrogens with one attached hydrogen (secondary N) is 1. The summed E-state index contributed by atoms with van der Waals surface area (Å²) in [5.41, 5.74) is 2.82. The summed E-state index contributed by atoms with van der Waals surface area (Å²) in [6, 6.07) is 9.28. The molecular weight excluding hydrogens is 220 g/mol. The van der Waals surface area contributed by atoms with Crippen LogP contribution in [0.15, 0.2) is 24.3 Å². The van der Waals surface area contributed by atoms with E-state index < -0.39 is 0 Å². The van der Waals surface area contributed by atoms with Gasteiger partial charge in [-0.15, -0.1) is 0 Å². The Kier molecular flexibility index (Phi) is 4.79. The number of aryl methyl sites for hydroxylation is 1. The number of benzene rings is 1. The van der Waals surface area contributed by atoms with Gasteiger partial charge in [0.2, 0.25) is 0 Å². The molecule has 0 bridgehead atoms. The largest absolute Gasteiger partial charge is 0.310 e. The molecule has 1 unspecified atom stereocenters. The van der Waals surface area contributed by atoms with Gasteiger partial charge in [0.05, 0.1) is 0 Å². The molecule has 100 valence electrons. The van der Waals surface area contributed by atoms with Gasteiger partial charge in [-0.2, -0.15) is 0 Å². The molecule has 1 N–H and O–H groups in total. The minimum Gasteiger partial charge on any atom is -0.310 e. The molecule has 0 spiro atoms. The van der Waals surface area contributed by atoms with E-state index in [9.17, 15) is 0 Å². The SMILES string of the molecule is Cc1ccccc1CNC(C)C1CCN(C)CC1. The molecule has 1 aliphatic rings. The molecule has 1 atom stereocenters. The first-order valence-electron chi connectivity index (χ1n) is 7.13. The van der Waals surface area contributed by atoms with E-state index in [4.69, 9.17) is 0 Å². The monoisotopic (exact) mass is 246 g/mol. The number of likely N-dealkylation sites (tertiary alicyclic amines) is 1. The molecule has 0 amide bonds. The van der Waals surface area contributed by atoms with Gasteiger partial charge in [0.15, 0.2) is 0 Å². The molecule has 1 aromatic rings. The standard InChI is InChI=1S/C16H26N2/c1-13-6-4-5-7-16(13)12-17-14(2)15-8-10-18(3)11-9-15/h4-7,14-15,17H,8-12H2,1-3H3. The topological polar surface area (TPSA) is 15.3 Å². The van der Waals surface area contributed by atoms with Crippen molar-refractivity contribution in [2.45, 2.75) is 39.3 Å². The lowest BCUT2D eigenvalue weighted by Gasteiger charge is -2.33. The Balaban J connectivity index is 1.81. The van der Waals surface area contributed by atoms with Gasteiger partial charge in [0, 0.05) is 12.6 Å². The van der Waals surface area contributed by atoms with Gasteiger partial charge in [0.1, 0.15) is 0 Å². The van der Waals surface area contributed by atoms with Crippen molar-refractivity contribution in [1.82, 2.24) is 10.2 Å². The number of nitrogens with zero attached hydrogens (tertiary/aromatic N) is 1. The van der Waals surface area contributed by atoms with Crippen molar-refractivity contribution in [2.24, 2.45) is 5.92 Å². The molecule has 1 fully saturated rings. The van der Waals surface area contributed by atoms with E-state index >= 15 is 0 Å². The molecule has 0 radical (unpaired) electrons. The van der Waals surface area contributed by atoms with E-state index in [0.717, 1.165) is 12.5 Å². The molecular formula is C16H26N2. The average molecular weight is 246 g/mol. The number of hydrogen-bond donors (Lipinski definition) is 1. The predicted octanol–water partition coefficient (Wildman–Crippen LogP) is 2.81. The molecule has 0 aromatic heterocycles. The first-order chi connectivity index (χ1) is 8.66. The van der Waals surface area contributed by atoms with Crippen LogP contribution in [0.4, 0.5) is 0 Å². The van der Waals surface area contributed by atoms with Crippen LogP contribution >= 0.6 is 0 Å². The van der Waals surface area contributed by atoms with E-state index in [1.807, 2.05) is 0 Å². The molecule has 2 nitrogen and oxygen atoms in total. The summed E-state index contributed by atoms with van der Waals surface area (Å²) in [4.78, 5) is 2.44. The maximum atomic E-state index is 3.71. The fraction of sp³-hybridized carbons (Fsp3) is 0.625. The number of hydrogen-bond acceptors (Lipinski definition) is 2. The fourth-order valence-corrected chi connectivity index (χ4v) is 2.77. The smallest absolute Gasteiger partial charge is 0.0210 e. The maximum absolute atomic E-state index is 3.71. The molecule has 1 aromatic carbocycles. The summed E-state index contributed by atoms with van der Waals surface area (Å²) in [5.74, 6) is 0.838. The second kappa shape index (κ2) is 6.35. The van der Waals surface area contributed by atoms with Gasteiger partial charge in [0.25, 0.3) is 0 Å². The van der Waals surface area contributed by atoms with Crippen LogP contribution in [-0.2, 0) is 6.54 Å². The van der Waals surface area contributed by atoms with Gasteiger partial charge < -0.3 is 10.2 Å². The summed E-state index contributed by atoms with van der Waals surface area (Å²) in [6.45, 7) is 8.04. The highest BCUT2D eigenvalue weighted by atomic mass is 15.1. The number of piperidine rings is 1. The van der Waals surface area contributed by atoms with E-state index in [1.54, 1.807) is 0 Å². The average Bonchev–Trinajstić information content (AvgIpc) is 2.38. The zero-order valence-electron chi connectivity index (χ0n) is 11.9. The zero-order chi connectivity index (χ0) is 13.0. The van der Waals surface area contributed by atoms with Crippen LogP contribution in [0.2, 0.25) is 0 Å². The Bertz CT molecular complexity index is 367.